The van der Waals surface area contributed by atoms with Gasteiger partial charge in [-0.1, -0.05) is 24.3 Å². The maximum Gasteiger partial charge on any atom is 0.336 e. The summed E-state index contributed by atoms with van der Waals surface area (Å²) in [5.41, 5.74) is 7.72. The maximum absolute atomic E-state index is 11.4. The number of hydrogen-bond acceptors (Lipinski definition) is 3. The fraction of sp³-hybridized carbons (Fsp3) is 0.125. The first-order valence-electron chi connectivity index (χ1n) is 6.34. The lowest BCUT2D eigenvalue weighted by atomic mass is 9.92. The predicted octanol–water partition coefficient (Wildman–Crippen LogP) is 2.52. The molecule has 2 aromatic carbocycles. The van der Waals surface area contributed by atoms with Crippen LogP contribution in [0, 0.1) is 6.92 Å². The molecule has 0 saturated heterocycles. The molecule has 0 amide bonds. The van der Waals surface area contributed by atoms with Crippen LogP contribution in [0.25, 0.3) is 11.1 Å². The number of carbonyl (C=O) groups is 2. The van der Waals surface area contributed by atoms with Crippen LogP contribution in [0.2, 0.25) is 0 Å². The maximum atomic E-state index is 11.4. The minimum atomic E-state index is -1.15. The number of aromatic carboxylic acids is 2. The van der Waals surface area contributed by atoms with Gasteiger partial charge in [-0.2, -0.15) is 0 Å². The van der Waals surface area contributed by atoms with Gasteiger partial charge in [-0.05, 0) is 35.7 Å². The van der Waals surface area contributed by atoms with E-state index in [4.69, 9.17) is 5.73 Å². The van der Waals surface area contributed by atoms with E-state index >= 15 is 0 Å². The first-order chi connectivity index (χ1) is 9.93. The lowest BCUT2D eigenvalue weighted by molar-refractivity contribution is 0.0696. The number of aryl methyl sites for hydroxylation is 1. The molecule has 4 N–H and O–H groups in total. The second kappa shape index (κ2) is 5.76. The topological polar surface area (TPSA) is 101 Å². The van der Waals surface area contributed by atoms with Gasteiger partial charge in [0, 0.05) is 12.1 Å². The van der Waals surface area contributed by atoms with Crippen LogP contribution < -0.4 is 5.73 Å². The largest absolute Gasteiger partial charge is 0.478 e. The molecule has 0 saturated carbocycles. The Morgan fingerprint density at radius 3 is 1.86 bits per heavy atom. The van der Waals surface area contributed by atoms with Crippen LogP contribution in [-0.2, 0) is 6.54 Å². The third-order valence-electron chi connectivity index (χ3n) is 3.22. The highest BCUT2D eigenvalue weighted by Gasteiger charge is 2.20. The number of nitrogens with two attached hydrogens (primary N) is 1. The second-order valence-electron chi connectivity index (χ2n) is 4.75. The summed E-state index contributed by atoms with van der Waals surface area (Å²) >= 11 is 0. The molecule has 0 unspecified atom stereocenters. The van der Waals surface area contributed by atoms with E-state index in [0.717, 1.165) is 5.56 Å². The van der Waals surface area contributed by atoms with Crippen LogP contribution >= 0.6 is 0 Å². The monoisotopic (exact) mass is 285 g/mol. The van der Waals surface area contributed by atoms with Gasteiger partial charge in [0.05, 0.1) is 11.1 Å². The first kappa shape index (κ1) is 14.7. The number of carboxylic acid groups (broad SMARTS) is 2. The van der Waals surface area contributed by atoms with E-state index < -0.39 is 11.9 Å². The van der Waals surface area contributed by atoms with Crippen molar-refractivity contribution in [1.29, 1.82) is 0 Å². The molecule has 0 spiro atoms. The highest BCUT2D eigenvalue weighted by atomic mass is 16.4. The molecule has 108 valence electrons. The van der Waals surface area contributed by atoms with Crippen molar-refractivity contribution in [3.05, 3.63) is 58.7 Å². The van der Waals surface area contributed by atoms with Gasteiger partial charge >= 0.3 is 11.9 Å². The van der Waals surface area contributed by atoms with Gasteiger partial charge in [0.2, 0.25) is 0 Å². The molecule has 0 aliphatic heterocycles. The van der Waals surface area contributed by atoms with Gasteiger partial charge < -0.3 is 15.9 Å². The molecule has 0 aliphatic carbocycles. The van der Waals surface area contributed by atoms with E-state index in [1.165, 1.54) is 12.1 Å². The molecule has 2 aromatic rings. The van der Waals surface area contributed by atoms with Crippen molar-refractivity contribution in [1.82, 2.24) is 0 Å². The molecule has 5 heteroatoms. The summed E-state index contributed by atoms with van der Waals surface area (Å²) in [7, 11) is 0. The van der Waals surface area contributed by atoms with Crippen molar-refractivity contribution < 1.29 is 19.8 Å². The Morgan fingerprint density at radius 2 is 1.48 bits per heavy atom. The smallest absolute Gasteiger partial charge is 0.336 e. The Morgan fingerprint density at radius 1 is 1.00 bits per heavy atom. The third kappa shape index (κ3) is 2.93. The van der Waals surface area contributed by atoms with Crippen molar-refractivity contribution in [3.8, 4) is 11.1 Å². The van der Waals surface area contributed by atoms with Gasteiger partial charge in [-0.25, -0.2) is 9.59 Å². The molecule has 0 bridgehead atoms. The molecular formula is C16H15NO4. The molecule has 0 radical (unpaired) electrons. The number of benzene rings is 2. The van der Waals surface area contributed by atoms with Gasteiger partial charge in [0.1, 0.15) is 0 Å². The molecule has 0 fully saturated rings. The summed E-state index contributed by atoms with van der Waals surface area (Å²) in [6, 6.07) is 9.83. The van der Waals surface area contributed by atoms with Gasteiger partial charge in [0.15, 0.2) is 0 Å². The molecule has 5 nitrogen and oxygen atoms in total. The normalized spacial score (nSPS) is 10.4. The fourth-order valence-electron chi connectivity index (χ4n) is 2.24. The fourth-order valence-corrected chi connectivity index (χ4v) is 2.24. The van der Waals surface area contributed by atoms with E-state index in [1.807, 2.05) is 0 Å². The van der Waals surface area contributed by atoms with E-state index in [2.05, 4.69) is 0 Å². The van der Waals surface area contributed by atoms with Crippen LogP contribution in [0.1, 0.15) is 31.8 Å². The zero-order chi connectivity index (χ0) is 15.6. The standard InChI is InChI=1S/C16H15NO4/c1-9-6-12(15(18)19)14(13(7-9)16(20)21)11-4-2-10(8-17)3-5-11/h2-7H,8,17H2,1H3,(H,18,19)(H,20,21). The quantitative estimate of drug-likeness (QED) is 0.801. The highest BCUT2D eigenvalue weighted by Crippen LogP contribution is 2.30. The number of carboxylic acids is 2. The second-order valence-corrected chi connectivity index (χ2v) is 4.75. The van der Waals surface area contributed by atoms with E-state index in [9.17, 15) is 19.8 Å². The summed E-state index contributed by atoms with van der Waals surface area (Å²) in [5.74, 6) is -2.31. The molecule has 0 heterocycles. The van der Waals surface area contributed by atoms with Crippen molar-refractivity contribution in [2.24, 2.45) is 5.73 Å². The van der Waals surface area contributed by atoms with Crippen molar-refractivity contribution in [3.63, 3.8) is 0 Å². The number of rotatable bonds is 4. The average Bonchev–Trinajstić information content (AvgIpc) is 2.46. The van der Waals surface area contributed by atoms with E-state index in [1.54, 1.807) is 31.2 Å². The lowest BCUT2D eigenvalue weighted by Crippen LogP contribution is -2.08. The molecule has 2 rings (SSSR count). The zero-order valence-corrected chi connectivity index (χ0v) is 11.5. The van der Waals surface area contributed by atoms with Gasteiger partial charge in [-0.15, -0.1) is 0 Å². The van der Waals surface area contributed by atoms with Crippen molar-refractivity contribution in [2.45, 2.75) is 13.5 Å². The van der Waals surface area contributed by atoms with Crippen LogP contribution in [0.5, 0.6) is 0 Å². The zero-order valence-electron chi connectivity index (χ0n) is 11.5. The summed E-state index contributed by atoms with van der Waals surface area (Å²) in [6.45, 7) is 2.03. The number of hydrogen-bond donors (Lipinski definition) is 3. The summed E-state index contributed by atoms with van der Waals surface area (Å²) in [5, 5.41) is 18.7. The van der Waals surface area contributed by atoms with Crippen LogP contribution in [0.15, 0.2) is 36.4 Å². The minimum Gasteiger partial charge on any atom is -0.478 e. The molecule has 0 aliphatic rings. The van der Waals surface area contributed by atoms with Crippen LogP contribution in [0.3, 0.4) is 0 Å². The predicted molar refractivity (Wildman–Crippen MR) is 78.4 cm³/mol. The van der Waals surface area contributed by atoms with Crippen LogP contribution in [-0.4, -0.2) is 22.2 Å². The molecule has 21 heavy (non-hydrogen) atoms. The lowest BCUT2D eigenvalue weighted by Gasteiger charge is -2.12. The third-order valence-corrected chi connectivity index (χ3v) is 3.22. The van der Waals surface area contributed by atoms with Gasteiger partial charge in [-0.3, -0.25) is 0 Å². The Bertz CT molecular complexity index is 670. The first-order valence-corrected chi connectivity index (χ1v) is 6.34. The van der Waals surface area contributed by atoms with Gasteiger partial charge in [0.25, 0.3) is 0 Å². The summed E-state index contributed by atoms with van der Waals surface area (Å²) < 4.78 is 0. The Hall–Kier alpha value is -2.66. The SMILES string of the molecule is Cc1cc(C(=O)O)c(-c2ccc(CN)cc2)c(C(=O)O)c1. The highest BCUT2D eigenvalue weighted by molar-refractivity contribution is 6.05. The van der Waals surface area contributed by atoms with Crippen molar-refractivity contribution in [2.75, 3.05) is 0 Å². The van der Waals surface area contributed by atoms with Crippen LogP contribution in [0.4, 0.5) is 0 Å². The van der Waals surface area contributed by atoms with E-state index in [-0.39, 0.29) is 16.7 Å². The molecular weight excluding hydrogens is 270 g/mol. The van der Waals surface area contributed by atoms with Crippen molar-refractivity contribution >= 4 is 11.9 Å². The average molecular weight is 285 g/mol. The Labute approximate surface area is 121 Å². The Kier molecular flexibility index (Phi) is 4.05. The Balaban J connectivity index is 2.74. The summed E-state index contributed by atoms with van der Waals surface area (Å²) in [4.78, 5) is 22.9. The molecule has 0 aromatic heterocycles. The summed E-state index contributed by atoms with van der Waals surface area (Å²) in [6.07, 6.45) is 0. The van der Waals surface area contributed by atoms with E-state index in [0.29, 0.717) is 17.7 Å². The molecule has 0 atom stereocenters. The minimum absolute atomic E-state index is 0.0205.